The average Bonchev–Trinajstić information content (AvgIpc) is 2.77. The van der Waals surface area contributed by atoms with Gasteiger partial charge in [0.15, 0.2) is 5.69 Å². The lowest BCUT2D eigenvalue weighted by molar-refractivity contribution is -0.144. The normalized spacial score (nSPS) is 15.1. The SMILES string of the molecule is CCNC(C)(CCCn1ccc(C(F)(F)F)n1)C(=O)O. The first-order valence-electron chi connectivity index (χ1n) is 6.28. The third-order valence-electron chi connectivity index (χ3n) is 3.03. The van der Waals surface area contributed by atoms with Crippen LogP contribution in [0.25, 0.3) is 0 Å². The molecule has 0 aliphatic heterocycles. The molecule has 2 N–H and O–H groups in total. The van der Waals surface area contributed by atoms with Crippen LogP contribution in [0.5, 0.6) is 0 Å². The molecule has 0 amide bonds. The van der Waals surface area contributed by atoms with Crippen LogP contribution in [0.15, 0.2) is 12.3 Å². The van der Waals surface area contributed by atoms with Crippen molar-refractivity contribution >= 4 is 5.97 Å². The smallest absolute Gasteiger partial charge is 0.435 e. The molecule has 0 bridgehead atoms. The van der Waals surface area contributed by atoms with Gasteiger partial charge in [0.1, 0.15) is 5.54 Å². The topological polar surface area (TPSA) is 67.2 Å². The molecule has 0 aliphatic carbocycles. The Hall–Kier alpha value is -1.57. The number of rotatable bonds is 7. The lowest BCUT2D eigenvalue weighted by Crippen LogP contribution is -2.49. The van der Waals surface area contributed by atoms with E-state index in [2.05, 4.69) is 10.4 Å². The van der Waals surface area contributed by atoms with Gasteiger partial charge in [0.2, 0.25) is 0 Å². The summed E-state index contributed by atoms with van der Waals surface area (Å²) in [6, 6.07) is 0.903. The highest BCUT2D eigenvalue weighted by Gasteiger charge is 2.34. The summed E-state index contributed by atoms with van der Waals surface area (Å²) in [5.41, 5.74) is -2.01. The Balaban J connectivity index is 2.55. The minimum atomic E-state index is -4.45. The third kappa shape index (κ3) is 4.22. The van der Waals surface area contributed by atoms with Gasteiger partial charge < -0.3 is 10.4 Å². The number of nitrogens with zero attached hydrogens (tertiary/aromatic N) is 2. The van der Waals surface area contributed by atoms with Gasteiger partial charge in [-0.05, 0) is 32.4 Å². The molecule has 1 heterocycles. The Morgan fingerprint density at radius 3 is 2.60 bits per heavy atom. The van der Waals surface area contributed by atoms with E-state index < -0.39 is 23.4 Å². The molecule has 114 valence electrons. The molecule has 0 saturated heterocycles. The fraction of sp³-hybridized carbons (Fsp3) is 0.667. The van der Waals surface area contributed by atoms with Gasteiger partial charge in [-0.15, -0.1) is 0 Å². The molecule has 20 heavy (non-hydrogen) atoms. The predicted molar refractivity (Wildman–Crippen MR) is 66.2 cm³/mol. The molecular formula is C12H18F3N3O2. The minimum absolute atomic E-state index is 0.240. The van der Waals surface area contributed by atoms with Crippen LogP contribution < -0.4 is 5.32 Å². The van der Waals surface area contributed by atoms with Gasteiger partial charge in [0.25, 0.3) is 0 Å². The number of aromatic nitrogens is 2. The Kier molecular flexibility index (Phi) is 5.15. The molecule has 0 fully saturated rings. The number of halogens is 3. The molecule has 1 aromatic rings. The van der Waals surface area contributed by atoms with Gasteiger partial charge in [-0.1, -0.05) is 6.92 Å². The Morgan fingerprint density at radius 1 is 1.50 bits per heavy atom. The molecule has 1 atom stereocenters. The lowest BCUT2D eigenvalue weighted by Gasteiger charge is -2.25. The number of carboxylic acids is 1. The van der Waals surface area contributed by atoms with Gasteiger partial charge in [-0.2, -0.15) is 18.3 Å². The van der Waals surface area contributed by atoms with Crippen molar-refractivity contribution in [1.29, 1.82) is 0 Å². The lowest BCUT2D eigenvalue weighted by atomic mass is 9.96. The fourth-order valence-corrected chi connectivity index (χ4v) is 1.89. The summed E-state index contributed by atoms with van der Waals surface area (Å²) < 4.78 is 38.2. The molecular weight excluding hydrogens is 275 g/mol. The van der Waals surface area contributed by atoms with Crippen molar-refractivity contribution in [3.05, 3.63) is 18.0 Å². The highest BCUT2D eigenvalue weighted by atomic mass is 19.4. The number of alkyl halides is 3. The van der Waals surface area contributed by atoms with E-state index in [0.29, 0.717) is 19.4 Å². The highest BCUT2D eigenvalue weighted by molar-refractivity contribution is 5.78. The summed E-state index contributed by atoms with van der Waals surface area (Å²) in [6.45, 7) is 4.10. The van der Waals surface area contributed by atoms with E-state index in [1.54, 1.807) is 13.8 Å². The van der Waals surface area contributed by atoms with Gasteiger partial charge >= 0.3 is 12.1 Å². The van der Waals surface area contributed by atoms with Crippen LogP contribution in [-0.4, -0.2) is 32.9 Å². The van der Waals surface area contributed by atoms with Crippen LogP contribution in [0.1, 0.15) is 32.4 Å². The van der Waals surface area contributed by atoms with Crippen molar-refractivity contribution in [3.8, 4) is 0 Å². The van der Waals surface area contributed by atoms with E-state index >= 15 is 0 Å². The Labute approximate surface area is 114 Å². The summed E-state index contributed by atoms with van der Waals surface area (Å²) in [5.74, 6) is -0.976. The van der Waals surface area contributed by atoms with E-state index in [0.717, 1.165) is 6.07 Å². The highest BCUT2D eigenvalue weighted by Crippen LogP contribution is 2.27. The quantitative estimate of drug-likeness (QED) is 0.808. The molecule has 1 unspecified atom stereocenters. The summed E-state index contributed by atoms with van der Waals surface area (Å²) in [7, 11) is 0. The van der Waals surface area contributed by atoms with Crippen molar-refractivity contribution in [2.45, 2.75) is 44.9 Å². The number of aliphatic carboxylic acids is 1. The van der Waals surface area contributed by atoms with E-state index in [1.165, 1.54) is 10.9 Å². The number of aryl methyl sites for hydroxylation is 1. The van der Waals surface area contributed by atoms with Crippen LogP contribution in [0.3, 0.4) is 0 Å². The van der Waals surface area contributed by atoms with Crippen LogP contribution in [0.2, 0.25) is 0 Å². The second kappa shape index (κ2) is 6.25. The Bertz CT molecular complexity index is 459. The Morgan fingerprint density at radius 2 is 2.15 bits per heavy atom. The molecule has 0 saturated carbocycles. The van der Waals surface area contributed by atoms with Crippen molar-refractivity contribution in [2.75, 3.05) is 6.54 Å². The van der Waals surface area contributed by atoms with Crippen molar-refractivity contribution in [2.24, 2.45) is 0 Å². The first-order valence-corrected chi connectivity index (χ1v) is 6.28. The maximum Gasteiger partial charge on any atom is 0.435 e. The van der Waals surface area contributed by atoms with E-state index in [9.17, 15) is 18.0 Å². The molecule has 1 aromatic heterocycles. The van der Waals surface area contributed by atoms with E-state index in [4.69, 9.17) is 5.11 Å². The van der Waals surface area contributed by atoms with Crippen LogP contribution in [0, 0.1) is 0 Å². The molecule has 0 aliphatic rings. The van der Waals surface area contributed by atoms with Gasteiger partial charge in [-0.3, -0.25) is 9.48 Å². The molecule has 1 rings (SSSR count). The third-order valence-corrected chi connectivity index (χ3v) is 3.03. The summed E-state index contributed by atoms with van der Waals surface area (Å²) >= 11 is 0. The van der Waals surface area contributed by atoms with Crippen LogP contribution in [0.4, 0.5) is 13.2 Å². The molecule has 0 spiro atoms. The van der Waals surface area contributed by atoms with Gasteiger partial charge in [-0.25, -0.2) is 0 Å². The standard InChI is InChI=1S/C12H18F3N3O2/c1-3-16-11(2,10(19)20)6-4-7-18-8-5-9(17-18)12(13,14)15/h5,8,16H,3-4,6-7H2,1-2H3,(H,19,20). The second-order valence-electron chi connectivity index (χ2n) is 4.73. The zero-order chi connectivity index (χ0) is 15.4. The molecule has 0 aromatic carbocycles. The fourth-order valence-electron chi connectivity index (χ4n) is 1.89. The number of likely N-dealkylation sites (N-methyl/N-ethyl adjacent to an activating group) is 1. The zero-order valence-electron chi connectivity index (χ0n) is 11.4. The predicted octanol–water partition coefficient (Wildman–Crippen LogP) is 2.13. The van der Waals surface area contributed by atoms with Crippen LogP contribution in [-0.2, 0) is 17.5 Å². The zero-order valence-corrected chi connectivity index (χ0v) is 11.4. The second-order valence-corrected chi connectivity index (χ2v) is 4.73. The first-order chi connectivity index (χ1) is 9.19. The van der Waals surface area contributed by atoms with Crippen molar-refractivity contribution < 1.29 is 23.1 Å². The van der Waals surface area contributed by atoms with Crippen molar-refractivity contribution in [1.82, 2.24) is 15.1 Å². The number of hydrogen-bond donors (Lipinski definition) is 2. The minimum Gasteiger partial charge on any atom is -0.480 e. The number of nitrogens with one attached hydrogen (secondary N) is 1. The largest absolute Gasteiger partial charge is 0.480 e. The molecule has 8 heteroatoms. The van der Waals surface area contributed by atoms with E-state index in [1.807, 2.05) is 0 Å². The number of carboxylic acid groups (broad SMARTS) is 1. The summed E-state index contributed by atoms with van der Waals surface area (Å²) in [4.78, 5) is 11.2. The first kappa shape index (κ1) is 16.5. The summed E-state index contributed by atoms with van der Waals surface area (Å²) in [5, 5.41) is 15.4. The van der Waals surface area contributed by atoms with Crippen LogP contribution >= 0.6 is 0 Å². The summed E-state index contributed by atoms with van der Waals surface area (Å²) in [6.07, 6.45) is -2.50. The van der Waals surface area contributed by atoms with E-state index in [-0.39, 0.29) is 6.54 Å². The maximum absolute atomic E-state index is 12.4. The maximum atomic E-state index is 12.4. The van der Waals surface area contributed by atoms with Gasteiger partial charge in [0, 0.05) is 12.7 Å². The molecule has 0 radical (unpaired) electrons. The monoisotopic (exact) mass is 293 g/mol. The number of carbonyl (C=O) groups is 1. The average molecular weight is 293 g/mol. The molecule has 5 nitrogen and oxygen atoms in total. The van der Waals surface area contributed by atoms with Gasteiger partial charge in [0.05, 0.1) is 0 Å². The van der Waals surface area contributed by atoms with Crippen molar-refractivity contribution in [3.63, 3.8) is 0 Å². The number of hydrogen-bond acceptors (Lipinski definition) is 3.